The third kappa shape index (κ3) is 9.14. The quantitative estimate of drug-likeness (QED) is 0.113. The molecule has 1 atom stereocenters. The number of amides is 2. The number of ether oxygens (including phenoxy) is 2. The lowest BCUT2D eigenvalue weighted by molar-refractivity contribution is -0.385. The van der Waals surface area contributed by atoms with E-state index in [0.29, 0.717) is 17.1 Å². The van der Waals surface area contributed by atoms with E-state index < -0.39 is 27.4 Å². The summed E-state index contributed by atoms with van der Waals surface area (Å²) in [5, 5.41) is 18.3. The summed E-state index contributed by atoms with van der Waals surface area (Å²) in [5.41, 5.74) is 3.93. The molecule has 0 spiro atoms. The van der Waals surface area contributed by atoms with Crippen LogP contribution in [-0.4, -0.2) is 51.6 Å². The topological polar surface area (TPSA) is 170 Å². The zero-order valence-electron chi connectivity index (χ0n) is 25.8. The van der Waals surface area contributed by atoms with E-state index in [4.69, 9.17) is 9.47 Å². The fourth-order valence-corrected chi connectivity index (χ4v) is 5.83. The van der Waals surface area contributed by atoms with E-state index in [0.717, 1.165) is 15.9 Å². The summed E-state index contributed by atoms with van der Waals surface area (Å²) in [5.74, 6) is -0.132. The van der Waals surface area contributed by atoms with Crippen LogP contribution < -0.4 is 24.5 Å². The second-order valence-electron chi connectivity index (χ2n) is 10.3. The van der Waals surface area contributed by atoms with E-state index >= 15 is 0 Å². The van der Waals surface area contributed by atoms with Crippen molar-refractivity contribution >= 4 is 39.4 Å². The molecule has 0 saturated carbocycles. The highest BCUT2D eigenvalue weighted by Crippen LogP contribution is 2.29. The van der Waals surface area contributed by atoms with Crippen molar-refractivity contribution in [1.82, 2.24) is 10.7 Å². The number of rotatable bonds is 14. The molecule has 0 aromatic heterocycles. The monoisotopic (exact) mass is 659 g/mol. The van der Waals surface area contributed by atoms with Crippen LogP contribution in [0.25, 0.3) is 0 Å². The van der Waals surface area contributed by atoms with Crippen molar-refractivity contribution in [1.29, 1.82) is 0 Å². The number of nitro groups is 1. The number of nitrogens with zero attached hydrogens (tertiary/aromatic N) is 3. The van der Waals surface area contributed by atoms with Crippen molar-refractivity contribution in [3.8, 4) is 11.5 Å². The minimum Gasteiger partial charge on any atom is -0.497 e. The molecule has 4 aromatic rings. The summed E-state index contributed by atoms with van der Waals surface area (Å²) in [4.78, 5) is 35.6. The van der Waals surface area contributed by atoms with Crippen LogP contribution in [0.15, 0.2) is 107 Å². The van der Waals surface area contributed by atoms with E-state index in [2.05, 4.69) is 15.8 Å². The van der Waals surface area contributed by atoms with Crippen molar-refractivity contribution in [2.24, 2.45) is 5.10 Å². The molecule has 244 valence electrons. The van der Waals surface area contributed by atoms with Gasteiger partial charge in [0.05, 0.1) is 34.9 Å². The van der Waals surface area contributed by atoms with Gasteiger partial charge in [-0.05, 0) is 79.6 Å². The van der Waals surface area contributed by atoms with Gasteiger partial charge in [-0.3, -0.25) is 24.0 Å². The largest absolute Gasteiger partial charge is 0.497 e. The Labute approximate surface area is 272 Å². The highest BCUT2D eigenvalue weighted by Gasteiger charge is 2.29. The van der Waals surface area contributed by atoms with Crippen LogP contribution in [0.5, 0.6) is 11.5 Å². The average molecular weight is 660 g/mol. The zero-order chi connectivity index (χ0) is 34.0. The molecule has 0 radical (unpaired) electrons. The minimum absolute atomic E-state index is 0.131. The predicted molar refractivity (Wildman–Crippen MR) is 176 cm³/mol. The highest BCUT2D eigenvalue weighted by atomic mass is 32.2. The van der Waals surface area contributed by atoms with Gasteiger partial charge in [0.2, 0.25) is 0 Å². The van der Waals surface area contributed by atoms with E-state index in [9.17, 15) is 28.1 Å². The van der Waals surface area contributed by atoms with Gasteiger partial charge < -0.3 is 14.8 Å². The molecule has 14 heteroatoms. The van der Waals surface area contributed by atoms with E-state index in [1.54, 1.807) is 24.3 Å². The Kier molecular flexibility index (Phi) is 11.2. The Hall–Kier alpha value is -5.76. The number of carbonyl (C=O) groups is 2. The van der Waals surface area contributed by atoms with Crippen LogP contribution in [0.3, 0.4) is 0 Å². The molecule has 4 aromatic carbocycles. The maximum atomic E-state index is 13.7. The van der Waals surface area contributed by atoms with Crippen LogP contribution in [0.4, 0.5) is 11.4 Å². The summed E-state index contributed by atoms with van der Waals surface area (Å²) < 4.78 is 38.9. The lowest BCUT2D eigenvalue weighted by Gasteiger charge is -2.24. The summed E-state index contributed by atoms with van der Waals surface area (Å²) >= 11 is 0. The van der Waals surface area contributed by atoms with Gasteiger partial charge in [0.1, 0.15) is 18.0 Å². The summed E-state index contributed by atoms with van der Waals surface area (Å²) in [6, 6.07) is 25.5. The van der Waals surface area contributed by atoms with Crippen molar-refractivity contribution in [3.63, 3.8) is 0 Å². The van der Waals surface area contributed by atoms with Crippen molar-refractivity contribution < 1.29 is 32.4 Å². The van der Waals surface area contributed by atoms with Gasteiger partial charge in [-0.25, -0.2) is 13.8 Å². The molecule has 2 N–H and O–H groups in total. The fourth-order valence-electron chi connectivity index (χ4n) is 4.39. The van der Waals surface area contributed by atoms with Crippen molar-refractivity contribution in [3.05, 3.63) is 124 Å². The second kappa shape index (κ2) is 15.5. The molecule has 0 bridgehead atoms. The number of hydrazone groups is 1. The Morgan fingerprint density at radius 1 is 0.957 bits per heavy atom. The van der Waals surface area contributed by atoms with Gasteiger partial charge >= 0.3 is 0 Å². The first kappa shape index (κ1) is 34.1. The molecule has 13 nitrogen and oxygen atoms in total. The summed E-state index contributed by atoms with van der Waals surface area (Å²) in [7, 11) is -2.97. The molecule has 2 amide bonds. The number of methoxy groups -OCH3 is 1. The molecule has 0 fully saturated rings. The van der Waals surface area contributed by atoms with Gasteiger partial charge in [-0.1, -0.05) is 36.4 Å². The third-order valence-electron chi connectivity index (χ3n) is 6.94. The number of hydrogen-bond donors (Lipinski definition) is 2. The van der Waals surface area contributed by atoms with Crippen molar-refractivity contribution in [2.45, 2.75) is 24.8 Å². The molecular weight excluding hydrogens is 626 g/mol. The maximum Gasteiger partial charge on any atom is 0.273 e. The Morgan fingerprint density at radius 3 is 2.26 bits per heavy atom. The minimum atomic E-state index is -4.42. The normalized spacial score (nSPS) is 11.8. The van der Waals surface area contributed by atoms with Gasteiger partial charge in [-0.15, -0.1) is 0 Å². The van der Waals surface area contributed by atoms with Crippen LogP contribution >= 0.6 is 0 Å². The number of nitrogens with one attached hydrogen (secondary N) is 2. The van der Waals surface area contributed by atoms with E-state index in [-0.39, 0.29) is 40.4 Å². The number of anilines is 1. The van der Waals surface area contributed by atoms with Crippen molar-refractivity contribution in [2.75, 3.05) is 24.6 Å². The van der Waals surface area contributed by atoms with Crippen LogP contribution in [-0.2, 0) is 19.6 Å². The molecule has 0 aliphatic carbocycles. The molecule has 0 aliphatic rings. The summed E-state index contributed by atoms with van der Waals surface area (Å²) in [6.07, 6.45) is 1.35. The summed E-state index contributed by atoms with van der Waals surface area (Å²) in [6.45, 7) is 2.53. The molecule has 47 heavy (non-hydrogen) atoms. The van der Waals surface area contributed by atoms with E-state index in [1.807, 2.05) is 37.3 Å². The standard InChI is InChI=1S/C33H33N5O8S/c1-23-9-18-30(19-31(23)38(41)42)47(43,44)37(27-12-16-28(45-3)17-13-27)21-32(39)36-34-20-25-10-14-29(15-11-25)46-22-33(40)35-24(2)26-7-5-4-6-8-26/h4-20,24H,21-22H2,1-3H3,(H,35,40)(H,36,39)/b34-20-/t24-/m0/s1. The fraction of sp³-hybridized carbons (Fsp3) is 0.182. The number of nitro benzene ring substituents is 1. The second-order valence-corrected chi connectivity index (χ2v) is 12.1. The first-order valence-corrected chi connectivity index (χ1v) is 15.7. The number of aryl methyl sites for hydroxylation is 1. The van der Waals surface area contributed by atoms with Crippen LogP contribution in [0.1, 0.15) is 29.7 Å². The molecular formula is C33H33N5O8S. The average Bonchev–Trinajstić information content (AvgIpc) is 3.07. The maximum absolute atomic E-state index is 13.7. The molecule has 0 aliphatic heterocycles. The van der Waals surface area contributed by atoms with Crippen LogP contribution in [0, 0.1) is 17.0 Å². The van der Waals surface area contributed by atoms with Gasteiger partial charge in [0, 0.05) is 11.6 Å². The molecule has 0 saturated heterocycles. The lowest BCUT2D eigenvalue weighted by Crippen LogP contribution is -2.39. The SMILES string of the molecule is COc1ccc(N(CC(=O)N/N=C\c2ccc(OCC(=O)N[C@@H](C)c3ccccc3)cc2)S(=O)(=O)c2ccc(C)c([N+](=O)[O-])c2)cc1. The first-order valence-electron chi connectivity index (χ1n) is 14.3. The van der Waals surface area contributed by atoms with Gasteiger partial charge in [-0.2, -0.15) is 5.10 Å². The highest BCUT2D eigenvalue weighted by molar-refractivity contribution is 7.92. The first-order chi connectivity index (χ1) is 22.5. The Balaban J connectivity index is 1.39. The lowest BCUT2D eigenvalue weighted by atomic mass is 10.1. The number of sulfonamides is 1. The molecule has 4 rings (SSSR count). The molecule has 0 unspecified atom stereocenters. The van der Waals surface area contributed by atoms with Crippen LogP contribution in [0.2, 0.25) is 0 Å². The van der Waals surface area contributed by atoms with Gasteiger partial charge in [0.15, 0.2) is 6.61 Å². The number of carbonyl (C=O) groups excluding carboxylic acids is 2. The smallest absolute Gasteiger partial charge is 0.273 e. The number of benzene rings is 4. The Morgan fingerprint density at radius 2 is 1.62 bits per heavy atom. The number of hydrogen-bond acceptors (Lipinski definition) is 9. The Bertz CT molecular complexity index is 1850. The van der Waals surface area contributed by atoms with E-state index in [1.165, 1.54) is 56.6 Å². The zero-order valence-corrected chi connectivity index (χ0v) is 26.6. The predicted octanol–water partition coefficient (Wildman–Crippen LogP) is 4.51. The third-order valence-corrected chi connectivity index (χ3v) is 8.71. The molecule has 0 heterocycles. The van der Waals surface area contributed by atoms with Gasteiger partial charge in [0.25, 0.3) is 27.5 Å².